The predicted molar refractivity (Wildman–Crippen MR) is 300 cm³/mol. The third-order valence-corrected chi connectivity index (χ3v) is 14.1. The second-order valence-corrected chi connectivity index (χ2v) is 19.2. The van der Waals surface area contributed by atoms with Gasteiger partial charge in [-0.3, -0.25) is 0 Å². The molecule has 0 unspecified atom stereocenters. The molecule has 72 heavy (non-hydrogen) atoms. The lowest BCUT2D eigenvalue weighted by atomic mass is 9.98. The van der Waals surface area contributed by atoms with Crippen LogP contribution < -0.4 is 0 Å². The van der Waals surface area contributed by atoms with Crippen molar-refractivity contribution in [3.63, 3.8) is 0 Å². The van der Waals surface area contributed by atoms with Crippen LogP contribution in [0.3, 0.4) is 0 Å². The van der Waals surface area contributed by atoms with E-state index in [9.17, 15) is 0 Å². The molecule has 0 spiro atoms. The Kier molecular flexibility index (Phi) is 10.3. The fraction of sp³-hybridized carbons (Fsp3) is 0.0597. The monoisotopic (exact) mass is 923 g/mol. The van der Waals surface area contributed by atoms with Crippen molar-refractivity contribution in [1.29, 1.82) is 0 Å². The summed E-state index contributed by atoms with van der Waals surface area (Å²) in [7, 11) is 0. The van der Waals surface area contributed by atoms with Crippen LogP contribution in [0.1, 0.15) is 22.3 Å². The maximum Gasteiger partial charge on any atom is 0.166 e. The van der Waals surface area contributed by atoms with E-state index in [1.807, 2.05) is 36.4 Å². The summed E-state index contributed by atoms with van der Waals surface area (Å²) in [5, 5.41) is 4.73. The molecule has 3 heterocycles. The van der Waals surface area contributed by atoms with Gasteiger partial charge in [-0.1, -0.05) is 204 Å². The van der Waals surface area contributed by atoms with Crippen molar-refractivity contribution in [3.8, 4) is 78.9 Å². The van der Waals surface area contributed by atoms with Gasteiger partial charge >= 0.3 is 0 Å². The molecule has 0 atom stereocenters. The second-order valence-electron chi connectivity index (χ2n) is 19.2. The minimum Gasteiger partial charge on any atom is -0.309 e. The SMILES string of the molecule is Cc1cc(C)cc(-c2ccc3c4ccc(-c5cc(C)cc(C)c5)cc4n(-c4ccc(-c5cccc6c7ccccc7n(-c7ccccc7)c56)cc4-c4nc(-c5ccccc5)nc(-c5ccccc5)n4)c3c2)c1. The van der Waals surface area contributed by atoms with Gasteiger partial charge in [-0.15, -0.1) is 0 Å². The Morgan fingerprint density at radius 2 is 0.750 bits per heavy atom. The van der Waals surface area contributed by atoms with Crippen LogP contribution in [0.15, 0.2) is 224 Å². The van der Waals surface area contributed by atoms with E-state index in [0.717, 1.165) is 72.4 Å². The van der Waals surface area contributed by atoms with Crippen molar-refractivity contribution in [2.24, 2.45) is 0 Å². The van der Waals surface area contributed by atoms with E-state index in [1.54, 1.807) is 0 Å². The minimum atomic E-state index is 0.585. The number of aryl methyl sites for hydroxylation is 4. The van der Waals surface area contributed by atoms with Crippen molar-refractivity contribution in [2.45, 2.75) is 27.7 Å². The number of fused-ring (bicyclic) bond motifs is 6. The number of hydrogen-bond donors (Lipinski definition) is 0. The molecule has 0 saturated heterocycles. The van der Waals surface area contributed by atoms with Gasteiger partial charge in [0.1, 0.15) is 0 Å². The first-order valence-corrected chi connectivity index (χ1v) is 24.7. The third kappa shape index (κ3) is 7.46. The maximum atomic E-state index is 5.46. The Balaban J connectivity index is 1.15. The van der Waals surface area contributed by atoms with Gasteiger partial charge in [0.25, 0.3) is 0 Å². The molecule has 0 radical (unpaired) electrons. The molecule has 13 rings (SSSR count). The first-order chi connectivity index (χ1) is 35.3. The summed E-state index contributed by atoms with van der Waals surface area (Å²) in [6.07, 6.45) is 0. The lowest BCUT2D eigenvalue weighted by Gasteiger charge is -2.18. The molecule has 0 aliphatic heterocycles. The fourth-order valence-electron chi connectivity index (χ4n) is 11.0. The largest absolute Gasteiger partial charge is 0.309 e. The Labute approximate surface area is 419 Å². The van der Waals surface area contributed by atoms with Gasteiger partial charge < -0.3 is 9.13 Å². The summed E-state index contributed by atoms with van der Waals surface area (Å²) in [6.45, 7) is 8.71. The Morgan fingerprint density at radius 3 is 1.32 bits per heavy atom. The molecule has 0 aliphatic rings. The van der Waals surface area contributed by atoms with E-state index < -0.39 is 0 Å². The van der Waals surface area contributed by atoms with Gasteiger partial charge in [-0.2, -0.15) is 0 Å². The average molecular weight is 924 g/mol. The average Bonchev–Trinajstić information content (AvgIpc) is 3.93. The zero-order chi connectivity index (χ0) is 48.5. The Hall–Kier alpha value is -9.19. The highest BCUT2D eigenvalue weighted by atomic mass is 15.1. The number of para-hydroxylation sites is 3. The number of benzene rings is 10. The molecule has 0 aliphatic carbocycles. The molecule has 10 aromatic carbocycles. The molecule has 0 amide bonds. The Bertz CT molecular complexity index is 4030. The van der Waals surface area contributed by atoms with Crippen molar-refractivity contribution in [3.05, 3.63) is 247 Å². The summed E-state index contributed by atoms with van der Waals surface area (Å²) >= 11 is 0. The normalized spacial score (nSPS) is 11.6. The summed E-state index contributed by atoms with van der Waals surface area (Å²) in [4.78, 5) is 16.1. The molecule has 5 nitrogen and oxygen atoms in total. The van der Waals surface area contributed by atoms with E-state index in [4.69, 9.17) is 15.0 Å². The third-order valence-electron chi connectivity index (χ3n) is 14.1. The van der Waals surface area contributed by atoms with E-state index >= 15 is 0 Å². The van der Waals surface area contributed by atoms with Crippen LogP contribution in [0, 0.1) is 27.7 Å². The fourth-order valence-corrected chi connectivity index (χ4v) is 11.0. The smallest absolute Gasteiger partial charge is 0.166 e. The highest BCUT2D eigenvalue weighted by Crippen LogP contribution is 2.44. The number of nitrogens with zero attached hydrogens (tertiary/aromatic N) is 5. The number of rotatable bonds is 8. The van der Waals surface area contributed by atoms with Crippen molar-refractivity contribution < 1.29 is 0 Å². The standard InChI is InChI=1S/C67H49N5/c1-42-33-43(2)36-51(35-42)48-27-30-56-57-31-28-49(52-37-44(3)34-45(4)38-52)41-63(57)72(62(56)40-48)61-32-29-50(54-24-16-25-58-55-23-14-15-26-60(55)71(64(54)58)53-21-12-7-13-22-53)39-59(61)67-69-65(46-17-8-5-9-18-46)68-66(70-67)47-19-10-6-11-20-47/h5-41H,1-4H3. The maximum absolute atomic E-state index is 5.46. The van der Waals surface area contributed by atoms with Crippen molar-refractivity contribution in [2.75, 3.05) is 0 Å². The molecular weight excluding hydrogens is 875 g/mol. The van der Waals surface area contributed by atoms with Crippen LogP contribution in [0.5, 0.6) is 0 Å². The summed E-state index contributed by atoms with van der Waals surface area (Å²) in [6, 6.07) is 81.0. The zero-order valence-electron chi connectivity index (χ0n) is 40.6. The van der Waals surface area contributed by atoms with Crippen LogP contribution in [0.4, 0.5) is 0 Å². The van der Waals surface area contributed by atoms with Crippen molar-refractivity contribution in [1.82, 2.24) is 24.1 Å². The van der Waals surface area contributed by atoms with Crippen LogP contribution in [0.2, 0.25) is 0 Å². The summed E-state index contributed by atoms with van der Waals surface area (Å²) < 4.78 is 4.87. The van der Waals surface area contributed by atoms with E-state index in [-0.39, 0.29) is 0 Å². The minimum absolute atomic E-state index is 0.585. The summed E-state index contributed by atoms with van der Waals surface area (Å²) in [5.41, 5.74) is 21.1. The molecule has 13 aromatic rings. The van der Waals surface area contributed by atoms with Gasteiger partial charge in [0.05, 0.1) is 27.8 Å². The molecular formula is C67H49N5. The molecule has 0 bridgehead atoms. The van der Waals surface area contributed by atoms with E-state index in [2.05, 4.69) is 225 Å². The van der Waals surface area contributed by atoms with Gasteiger partial charge in [-0.25, -0.2) is 15.0 Å². The lowest BCUT2D eigenvalue weighted by Crippen LogP contribution is -2.04. The molecule has 0 fully saturated rings. The zero-order valence-corrected chi connectivity index (χ0v) is 40.6. The second kappa shape index (κ2) is 17.3. The quantitative estimate of drug-likeness (QED) is 0.153. The van der Waals surface area contributed by atoms with Gasteiger partial charge in [-0.05, 0) is 98.0 Å². The summed E-state index contributed by atoms with van der Waals surface area (Å²) in [5.74, 6) is 1.80. The molecule has 3 aromatic heterocycles. The lowest BCUT2D eigenvalue weighted by molar-refractivity contribution is 1.06. The van der Waals surface area contributed by atoms with Crippen LogP contribution in [0.25, 0.3) is 123 Å². The molecule has 342 valence electrons. The van der Waals surface area contributed by atoms with Crippen LogP contribution in [-0.2, 0) is 0 Å². The first-order valence-electron chi connectivity index (χ1n) is 24.7. The topological polar surface area (TPSA) is 48.5 Å². The molecule has 5 heteroatoms. The van der Waals surface area contributed by atoms with Crippen molar-refractivity contribution >= 4 is 43.6 Å². The van der Waals surface area contributed by atoms with Gasteiger partial charge in [0.15, 0.2) is 17.5 Å². The van der Waals surface area contributed by atoms with Gasteiger partial charge in [0.2, 0.25) is 0 Å². The van der Waals surface area contributed by atoms with E-state index in [0.29, 0.717) is 17.5 Å². The molecule has 0 saturated carbocycles. The van der Waals surface area contributed by atoms with Gasteiger partial charge in [0, 0.05) is 49.5 Å². The van der Waals surface area contributed by atoms with E-state index in [1.165, 1.54) is 54.9 Å². The van der Waals surface area contributed by atoms with Crippen LogP contribution >= 0.6 is 0 Å². The molecule has 0 N–H and O–H groups in total. The predicted octanol–water partition coefficient (Wildman–Crippen LogP) is 17.3. The number of aromatic nitrogens is 5. The number of hydrogen-bond acceptors (Lipinski definition) is 3. The highest BCUT2D eigenvalue weighted by molar-refractivity contribution is 6.15. The highest BCUT2D eigenvalue weighted by Gasteiger charge is 2.23. The first kappa shape index (κ1) is 42.9. The van der Waals surface area contributed by atoms with Crippen LogP contribution in [-0.4, -0.2) is 24.1 Å². The Morgan fingerprint density at radius 1 is 0.278 bits per heavy atom.